The summed E-state index contributed by atoms with van der Waals surface area (Å²) in [5, 5.41) is 7.20. The quantitative estimate of drug-likeness (QED) is 0.900. The Kier molecular flexibility index (Phi) is 3.81. The van der Waals surface area contributed by atoms with E-state index in [4.69, 9.17) is 11.6 Å². The third kappa shape index (κ3) is 2.95. The van der Waals surface area contributed by atoms with Gasteiger partial charge in [-0.15, -0.1) is 11.3 Å². The van der Waals surface area contributed by atoms with Gasteiger partial charge in [0.2, 0.25) is 0 Å². The second-order valence-corrected chi connectivity index (χ2v) is 5.84. The average Bonchev–Trinajstić information content (AvgIpc) is 2.84. The van der Waals surface area contributed by atoms with E-state index in [0.29, 0.717) is 6.54 Å². The number of nitrogens with one attached hydrogen (secondary N) is 2. The van der Waals surface area contributed by atoms with Gasteiger partial charge < -0.3 is 10.3 Å². The first-order chi connectivity index (χ1) is 7.65. The number of halogens is 1. The highest BCUT2D eigenvalue weighted by molar-refractivity contribution is 7.14. The highest BCUT2D eigenvalue weighted by Crippen LogP contribution is 2.24. The Hall–Kier alpha value is -0.620. The monoisotopic (exact) mass is 274 g/mol. The van der Waals surface area contributed by atoms with E-state index in [9.17, 15) is 4.79 Å². The van der Waals surface area contributed by atoms with Gasteiger partial charge in [-0.2, -0.15) is 0 Å². The fourth-order valence-corrected chi connectivity index (χ4v) is 2.90. The molecule has 0 aromatic carbocycles. The Bertz CT molecular complexity index is 517. The smallest absolute Gasteiger partial charge is 0.304 e. The maximum atomic E-state index is 10.9. The number of aromatic nitrogens is 1. The van der Waals surface area contributed by atoms with E-state index >= 15 is 0 Å². The van der Waals surface area contributed by atoms with Crippen LogP contribution in [0, 0.1) is 0 Å². The average molecular weight is 275 g/mol. The van der Waals surface area contributed by atoms with Crippen molar-refractivity contribution in [2.24, 2.45) is 0 Å². The first-order valence-corrected chi connectivity index (χ1v) is 6.93. The summed E-state index contributed by atoms with van der Waals surface area (Å²) < 4.78 is 0.799. The molecular weight excluding hydrogens is 264 g/mol. The van der Waals surface area contributed by atoms with Crippen LogP contribution < -0.4 is 10.2 Å². The lowest BCUT2D eigenvalue weighted by Gasteiger charge is -2.10. The second-order valence-electron chi connectivity index (χ2n) is 3.46. The lowest BCUT2D eigenvalue weighted by molar-refractivity contribution is 0.570. The maximum Gasteiger partial charge on any atom is 0.304 e. The van der Waals surface area contributed by atoms with Crippen LogP contribution >= 0.6 is 34.3 Å². The summed E-state index contributed by atoms with van der Waals surface area (Å²) in [6.07, 6.45) is 0. The summed E-state index contributed by atoms with van der Waals surface area (Å²) in [4.78, 5) is 13.7. The van der Waals surface area contributed by atoms with Crippen LogP contribution in [-0.4, -0.2) is 4.98 Å². The van der Waals surface area contributed by atoms with Gasteiger partial charge in [0.25, 0.3) is 0 Å². The fraction of sp³-hybridized carbons (Fsp3) is 0.300. The zero-order valence-electron chi connectivity index (χ0n) is 8.62. The van der Waals surface area contributed by atoms with Crippen LogP contribution in [0.1, 0.15) is 24.2 Å². The summed E-state index contributed by atoms with van der Waals surface area (Å²) in [7, 11) is 0. The molecule has 0 spiro atoms. The minimum atomic E-state index is -0.0111. The molecule has 2 N–H and O–H groups in total. The molecule has 2 aromatic heterocycles. The van der Waals surface area contributed by atoms with Crippen molar-refractivity contribution in [3.63, 3.8) is 0 Å². The molecule has 6 heteroatoms. The van der Waals surface area contributed by atoms with Gasteiger partial charge in [-0.05, 0) is 23.9 Å². The summed E-state index contributed by atoms with van der Waals surface area (Å²) >= 11 is 8.58. The number of rotatable bonds is 4. The molecule has 0 saturated heterocycles. The molecule has 2 heterocycles. The Morgan fingerprint density at radius 3 is 2.88 bits per heavy atom. The van der Waals surface area contributed by atoms with E-state index in [1.54, 1.807) is 0 Å². The highest BCUT2D eigenvalue weighted by Gasteiger charge is 2.07. The van der Waals surface area contributed by atoms with Crippen molar-refractivity contribution in [3.8, 4) is 0 Å². The number of hydrogen-bond acceptors (Lipinski definition) is 4. The lowest BCUT2D eigenvalue weighted by atomic mass is 10.2. The topological polar surface area (TPSA) is 44.9 Å². The van der Waals surface area contributed by atoms with Crippen molar-refractivity contribution in [2.45, 2.75) is 19.5 Å². The number of thiophene rings is 1. The van der Waals surface area contributed by atoms with Gasteiger partial charge in [0.1, 0.15) is 0 Å². The van der Waals surface area contributed by atoms with E-state index in [-0.39, 0.29) is 10.9 Å². The van der Waals surface area contributed by atoms with Crippen LogP contribution in [0.3, 0.4) is 0 Å². The largest absolute Gasteiger partial charge is 0.315 e. The van der Waals surface area contributed by atoms with Gasteiger partial charge in [0, 0.05) is 23.7 Å². The third-order valence-corrected chi connectivity index (χ3v) is 4.09. The Morgan fingerprint density at radius 1 is 1.50 bits per heavy atom. The maximum absolute atomic E-state index is 10.9. The Morgan fingerprint density at radius 2 is 2.31 bits per heavy atom. The van der Waals surface area contributed by atoms with E-state index < -0.39 is 0 Å². The van der Waals surface area contributed by atoms with E-state index in [2.05, 4.69) is 17.2 Å². The van der Waals surface area contributed by atoms with Crippen molar-refractivity contribution in [1.29, 1.82) is 0 Å². The summed E-state index contributed by atoms with van der Waals surface area (Å²) in [6.45, 7) is 2.73. The zero-order valence-corrected chi connectivity index (χ0v) is 11.0. The minimum absolute atomic E-state index is 0.0111. The zero-order chi connectivity index (χ0) is 11.5. The molecule has 0 amide bonds. The van der Waals surface area contributed by atoms with Crippen LogP contribution in [0.2, 0.25) is 4.34 Å². The third-order valence-electron chi connectivity index (χ3n) is 2.26. The predicted octanol–water partition coefficient (Wildman–Crippen LogP) is 3.00. The minimum Gasteiger partial charge on any atom is -0.315 e. The Labute approximate surface area is 106 Å². The molecule has 0 aliphatic heterocycles. The predicted molar refractivity (Wildman–Crippen MR) is 69.5 cm³/mol. The molecule has 2 aromatic rings. The van der Waals surface area contributed by atoms with Crippen molar-refractivity contribution in [3.05, 3.63) is 42.1 Å². The van der Waals surface area contributed by atoms with Crippen LogP contribution in [0.5, 0.6) is 0 Å². The normalized spacial score (nSPS) is 12.9. The van der Waals surface area contributed by atoms with Gasteiger partial charge in [0.15, 0.2) is 0 Å². The number of aromatic amines is 1. The molecule has 0 fully saturated rings. The van der Waals surface area contributed by atoms with Gasteiger partial charge in [-0.1, -0.05) is 22.9 Å². The summed E-state index contributed by atoms with van der Waals surface area (Å²) in [5.41, 5.74) is 2.09. The van der Waals surface area contributed by atoms with Gasteiger partial charge in [-0.3, -0.25) is 4.79 Å². The first-order valence-electron chi connectivity index (χ1n) is 4.79. The lowest BCUT2D eigenvalue weighted by Crippen LogP contribution is -2.18. The van der Waals surface area contributed by atoms with E-state index in [1.165, 1.54) is 28.2 Å². The van der Waals surface area contributed by atoms with Crippen LogP contribution in [0.15, 0.2) is 21.6 Å². The molecule has 0 saturated carbocycles. The standard InChI is InChI=1S/C10H11ClN2OS2/c1-6(7-2-9(11)15-4-7)12-3-8-5-16-10(14)13-8/h2,4-6,12H,3H2,1H3,(H,13,14). The number of hydrogen-bond donors (Lipinski definition) is 2. The molecule has 0 aliphatic carbocycles. The summed E-state index contributed by atoms with van der Waals surface area (Å²) in [6, 6.07) is 2.19. The van der Waals surface area contributed by atoms with Crippen LogP contribution in [0.25, 0.3) is 0 Å². The molecular formula is C10H11ClN2OS2. The molecule has 0 aliphatic rings. The number of H-pyrrole nitrogens is 1. The van der Waals surface area contributed by atoms with Crippen LogP contribution in [-0.2, 0) is 6.54 Å². The number of thiazole rings is 1. The highest BCUT2D eigenvalue weighted by atomic mass is 35.5. The molecule has 1 unspecified atom stereocenters. The van der Waals surface area contributed by atoms with Crippen molar-refractivity contribution in [1.82, 2.24) is 10.3 Å². The summed E-state index contributed by atoms with van der Waals surface area (Å²) in [5.74, 6) is 0. The van der Waals surface area contributed by atoms with Crippen molar-refractivity contribution >= 4 is 34.3 Å². The van der Waals surface area contributed by atoms with Crippen LogP contribution in [0.4, 0.5) is 0 Å². The fourth-order valence-electron chi connectivity index (χ4n) is 1.33. The molecule has 3 nitrogen and oxygen atoms in total. The first kappa shape index (κ1) is 11.9. The molecule has 0 bridgehead atoms. The molecule has 0 radical (unpaired) electrons. The molecule has 1 atom stereocenters. The SMILES string of the molecule is CC(NCc1csc(=O)[nH]1)c1csc(Cl)c1. The van der Waals surface area contributed by atoms with Gasteiger partial charge in [0.05, 0.1) is 4.34 Å². The van der Waals surface area contributed by atoms with Gasteiger partial charge >= 0.3 is 4.87 Å². The molecule has 2 rings (SSSR count). The molecule has 86 valence electrons. The molecule has 16 heavy (non-hydrogen) atoms. The van der Waals surface area contributed by atoms with Crippen molar-refractivity contribution in [2.75, 3.05) is 0 Å². The van der Waals surface area contributed by atoms with E-state index in [0.717, 1.165) is 10.0 Å². The second kappa shape index (κ2) is 5.14. The Balaban J connectivity index is 1.93. The van der Waals surface area contributed by atoms with Gasteiger partial charge in [-0.25, -0.2) is 0 Å². The van der Waals surface area contributed by atoms with Crippen molar-refractivity contribution < 1.29 is 0 Å². The van der Waals surface area contributed by atoms with E-state index in [1.807, 2.05) is 16.8 Å².